The molecule has 12 heteroatoms. The van der Waals surface area contributed by atoms with Crippen molar-refractivity contribution in [2.45, 2.75) is 56.8 Å². The number of nitrogens with one attached hydrogen (secondary N) is 1. The van der Waals surface area contributed by atoms with Crippen LogP contribution in [-0.2, 0) is 16.4 Å². The zero-order valence-electron chi connectivity index (χ0n) is 21.1. The van der Waals surface area contributed by atoms with Crippen LogP contribution in [0.15, 0.2) is 47.9 Å². The molecule has 0 aliphatic carbocycles. The molecule has 0 bridgehead atoms. The molecule has 1 atom stereocenters. The van der Waals surface area contributed by atoms with Gasteiger partial charge in [0.15, 0.2) is 9.84 Å². The van der Waals surface area contributed by atoms with Crippen LogP contribution in [0.2, 0.25) is 0 Å². The highest BCUT2D eigenvalue weighted by Crippen LogP contribution is 2.34. The van der Waals surface area contributed by atoms with E-state index < -0.39 is 20.6 Å². The first kappa shape index (κ1) is 25.3. The van der Waals surface area contributed by atoms with Crippen LogP contribution < -0.4 is 10.1 Å². The molecule has 1 N–H and O–H groups in total. The minimum Gasteiger partial charge on any atom is -0.495 e. The molecule has 36 heavy (non-hydrogen) atoms. The van der Waals surface area contributed by atoms with Gasteiger partial charge < -0.3 is 10.1 Å². The molecular weight excluding hydrogens is 482 g/mol. The lowest BCUT2D eigenvalue weighted by molar-refractivity contribution is 0.0927. The van der Waals surface area contributed by atoms with Crippen LogP contribution in [0.4, 0.5) is 0 Å². The third-order valence-corrected chi connectivity index (χ3v) is 8.28. The van der Waals surface area contributed by atoms with Crippen LogP contribution in [0.3, 0.4) is 0 Å². The maximum Gasteiger partial charge on any atom is 0.270 e. The van der Waals surface area contributed by atoms with E-state index in [0.29, 0.717) is 35.1 Å². The molecule has 0 fully saturated rings. The summed E-state index contributed by atoms with van der Waals surface area (Å²) in [6, 6.07) is 4.53. The summed E-state index contributed by atoms with van der Waals surface area (Å²) < 4.78 is 34.1. The SMILES string of the molecule is CCn1nc(-c2cnc3cc(OC)c(S(=O)(=O)C(C)(C)C)cn23)cc1C(=O)N[C@H](C)c1ncccn1. The first-order valence-electron chi connectivity index (χ1n) is 11.4. The highest BCUT2D eigenvalue weighted by atomic mass is 32.2. The number of pyridine rings is 1. The molecule has 0 unspecified atom stereocenters. The standard InChI is InChI=1S/C24H29N7O4S/c1-7-31-17(23(32)28-15(2)22-25-9-8-10-26-22)11-16(29-31)18-13-27-21-12-19(35-6)20(14-30(18)21)36(33,34)24(3,4)5/h8-15H,7H2,1-6H3,(H,28,32)/t15-/m1/s1. The smallest absolute Gasteiger partial charge is 0.270 e. The summed E-state index contributed by atoms with van der Waals surface area (Å²) in [6.07, 6.45) is 6.32. The number of sulfone groups is 1. The summed E-state index contributed by atoms with van der Waals surface area (Å²) >= 11 is 0. The Kier molecular flexibility index (Phi) is 6.56. The van der Waals surface area contributed by atoms with Gasteiger partial charge in [-0.1, -0.05) is 0 Å². The fourth-order valence-corrected chi connectivity index (χ4v) is 5.01. The predicted molar refractivity (Wildman–Crippen MR) is 133 cm³/mol. The van der Waals surface area contributed by atoms with E-state index >= 15 is 0 Å². The van der Waals surface area contributed by atoms with Gasteiger partial charge in [-0.05, 0) is 46.8 Å². The summed E-state index contributed by atoms with van der Waals surface area (Å²) in [4.78, 5) is 25.9. The zero-order valence-corrected chi connectivity index (χ0v) is 21.9. The molecule has 0 aliphatic rings. The molecule has 4 heterocycles. The second-order valence-corrected chi connectivity index (χ2v) is 11.9. The van der Waals surface area contributed by atoms with Gasteiger partial charge in [-0.3, -0.25) is 13.9 Å². The predicted octanol–water partition coefficient (Wildman–Crippen LogP) is 3.08. The highest BCUT2D eigenvalue weighted by Gasteiger charge is 2.34. The average molecular weight is 512 g/mol. The molecule has 1 amide bonds. The van der Waals surface area contributed by atoms with E-state index in [1.54, 1.807) is 73.6 Å². The third-order valence-electron chi connectivity index (χ3n) is 5.79. The number of carbonyl (C=O) groups is 1. The Morgan fingerprint density at radius 1 is 1.17 bits per heavy atom. The van der Waals surface area contributed by atoms with Crippen molar-refractivity contribution in [2.75, 3.05) is 7.11 Å². The maximum atomic E-state index is 13.3. The van der Waals surface area contributed by atoms with E-state index in [2.05, 4.69) is 25.4 Å². The van der Waals surface area contributed by atoms with Gasteiger partial charge in [-0.15, -0.1) is 0 Å². The molecular formula is C24H29N7O4S. The van der Waals surface area contributed by atoms with Gasteiger partial charge in [-0.2, -0.15) is 5.10 Å². The van der Waals surface area contributed by atoms with Crippen LogP contribution in [0, 0.1) is 0 Å². The number of ether oxygens (including phenoxy) is 1. The largest absolute Gasteiger partial charge is 0.495 e. The lowest BCUT2D eigenvalue weighted by Crippen LogP contribution is -2.29. The molecule has 190 valence electrons. The van der Waals surface area contributed by atoms with Crippen LogP contribution >= 0.6 is 0 Å². The second-order valence-electron chi connectivity index (χ2n) is 9.23. The number of amides is 1. The summed E-state index contributed by atoms with van der Waals surface area (Å²) in [7, 11) is -2.30. The van der Waals surface area contributed by atoms with Crippen molar-refractivity contribution in [3.8, 4) is 17.1 Å². The minimum atomic E-state index is -3.72. The van der Waals surface area contributed by atoms with Crippen LogP contribution in [0.1, 0.15) is 57.0 Å². The first-order chi connectivity index (χ1) is 17.0. The number of nitrogens with zero attached hydrogens (tertiary/aromatic N) is 6. The molecule has 0 saturated heterocycles. The number of methoxy groups -OCH3 is 1. The Hall–Kier alpha value is -3.80. The van der Waals surface area contributed by atoms with Crippen LogP contribution in [0.25, 0.3) is 17.0 Å². The number of fused-ring (bicyclic) bond motifs is 1. The van der Waals surface area contributed by atoms with Crippen molar-refractivity contribution in [1.29, 1.82) is 0 Å². The molecule has 11 nitrogen and oxygen atoms in total. The molecule has 0 saturated carbocycles. The van der Waals surface area contributed by atoms with Gasteiger partial charge in [0.2, 0.25) is 0 Å². The Labute approximate surface area is 209 Å². The van der Waals surface area contributed by atoms with Crippen molar-refractivity contribution in [1.82, 2.24) is 34.4 Å². The van der Waals surface area contributed by atoms with Crippen molar-refractivity contribution in [3.05, 3.63) is 54.5 Å². The molecule has 0 aromatic carbocycles. The quantitative estimate of drug-likeness (QED) is 0.400. The fraction of sp³-hybridized carbons (Fsp3) is 0.375. The highest BCUT2D eigenvalue weighted by molar-refractivity contribution is 7.92. The number of rotatable bonds is 7. The number of imidazole rings is 1. The van der Waals surface area contributed by atoms with Crippen molar-refractivity contribution in [3.63, 3.8) is 0 Å². The lowest BCUT2D eigenvalue weighted by atomic mass is 10.2. The monoisotopic (exact) mass is 511 g/mol. The van der Waals surface area contributed by atoms with E-state index in [0.717, 1.165) is 0 Å². The Morgan fingerprint density at radius 2 is 1.86 bits per heavy atom. The number of carbonyl (C=O) groups excluding carboxylic acids is 1. The van der Waals surface area contributed by atoms with Crippen molar-refractivity contribution < 1.29 is 17.9 Å². The number of aromatic nitrogens is 6. The zero-order chi connectivity index (χ0) is 26.3. The van der Waals surface area contributed by atoms with E-state index in [9.17, 15) is 13.2 Å². The van der Waals surface area contributed by atoms with Gasteiger partial charge >= 0.3 is 0 Å². The van der Waals surface area contributed by atoms with E-state index in [1.807, 2.05) is 6.92 Å². The molecule has 4 rings (SSSR count). The van der Waals surface area contributed by atoms with Crippen LogP contribution in [-0.4, -0.2) is 55.3 Å². The Balaban J connectivity index is 1.76. The maximum absolute atomic E-state index is 13.3. The molecule has 0 spiro atoms. The van der Waals surface area contributed by atoms with Gasteiger partial charge in [0.25, 0.3) is 5.91 Å². The van der Waals surface area contributed by atoms with E-state index in [-0.39, 0.29) is 16.6 Å². The van der Waals surface area contributed by atoms with Crippen LogP contribution in [0.5, 0.6) is 5.75 Å². The van der Waals surface area contributed by atoms with Gasteiger partial charge in [-0.25, -0.2) is 23.4 Å². The van der Waals surface area contributed by atoms with Crippen molar-refractivity contribution in [2.24, 2.45) is 0 Å². The fourth-order valence-electron chi connectivity index (χ4n) is 3.70. The second kappa shape index (κ2) is 9.34. The Bertz CT molecular complexity index is 1520. The van der Waals surface area contributed by atoms with Gasteiger partial charge in [0.05, 0.1) is 29.8 Å². The average Bonchev–Trinajstić information content (AvgIpc) is 3.46. The van der Waals surface area contributed by atoms with Gasteiger partial charge in [0, 0.05) is 31.2 Å². The summed E-state index contributed by atoms with van der Waals surface area (Å²) in [6.45, 7) is 9.04. The van der Waals surface area contributed by atoms with E-state index in [4.69, 9.17) is 4.74 Å². The molecule has 4 aromatic rings. The number of hydrogen-bond donors (Lipinski definition) is 1. The summed E-state index contributed by atoms with van der Waals surface area (Å²) in [5.41, 5.74) is 1.85. The topological polar surface area (TPSA) is 133 Å². The third kappa shape index (κ3) is 4.43. The minimum absolute atomic E-state index is 0.0498. The lowest BCUT2D eigenvalue weighted by Gasteiger charge is -2.21. The molecule has 4 aromatic heterocycles. The van der Waals surface area contributed by atoms with Crippen molar-refractivity contribution >= 4 is 21.4 Å². The number of hydrogen-bond acceptors (Lipinski definition) is 8. The normalized spacial score (nSPS) is 13.1. The number of aryl methyl sites for hydroxylation is 1. The summed E-state index contributed by atoms with van der Waals surface area (Å²) in [5, 5.41) is 7.49. The van der Waals surface area contributed by atoms with E-state index in [1.165, 1.54) is 13.3 Å². The molecule has 0 radical (unpaired) electrons. The summed E-state index contributed by atoms with van der Waals surface area (Å²) in [5.74, 6) is 0.379. The first-order valence-corrected chi connectivity index (χ1v) is 12.9. The molecule has 0 aliphatic heterocycles. The Morgan fingerprint density at radius 3 is 2.47 bits per heavy atom. The van der Waals surface area contributed by atoms with Gasteiger partial charge in [0.1, 0.15) is 33.5 Å².